The number of allylic oxidation sites excluding steroid dienone is 3. The van der Waals surface area contributed by atoms with Crippen LogP contribution in [0.2, 0.25) is 0 Å². The molecule has 0 saturated heterocycles. The van der Waals surface area contributed by atoms with Crippen molar-refractivity contribution in [2.45, 2.75) is 115 Å². The van der Waals surface area contributed by atoms with Crippen LogP contribution in [-0.4, -0.2) is 71.2 Å². The topological polar surface area (TPSA) is 181 Å². The summed E-state index contributed by atoms with van der Waals surface area (Å²) in [4.78, 5) is 18.3. The first kappa shape index (κ1) is 42.3. The van der Waals surface area contributed by atoms with Crippen molar-refractivity contribution >= 4 is 11.7 Å². The zero-order valence-electron chi connectivity index (χ0n) is 34.0. The fraction of sp³-hybridized carbons (Fsp3) is 0.574. The molecule has 2 aromatic rings. The molecular formula is C47H63N3O7. The monoisotopic (exact) mass is 781 g/mol. The Labute approximate surface area is 338 Å². The number of hydrogen-bond acceptors (Lipinski definition) is 8. The van der Waals surface area contributed by atoms with E-state index in [1.807, 2.05) is 25.1 Å². The molecule has 8 N–H and O–H groups in total. The molecule has 0 amide bonds. The summed E-state index contributed by atoms with van der Waals surface area (Å²) in [6, 6.07) is 9.20. The van der Waals surface area contributed by atoms with Crippen molar-refractivity contribution in [2.75, 3.05) is 26.9 Å². The minimum atomic E-state index is -0.278. The number of ketones is 1. The number of benzene rings is 2. The van der Waals surface area contributed by atoms with Gasteiger partial charge in [0.05, 0.1) is 25.4 Å². The van der Waals surface area contributed by atoms with E-state index in [1.54, 1.807) is 19.3 Å². The second kappa shape index (κ2) is 19.4. The van der Waals surface area contributed by atoms with Crippen molar-refractivity contribution < 1.29 is 34.7 Å². The predicted octanol–water partition coefficient (Wildman–Crippen LogP) is 6.77. The Balaban J connectivity index is 1.55. The highest BCUT2D eigenvalue weighted by Gasteiger charge is 2.48. The molecule has 2 bridgehead atoms. The van der Waals surface area contributed by atoms with Crippen LogP contribution in [-0.2, 0) is 16.0 Å². The molecule has 0 heterocycles. The molecule has 6 rings (SSSR count). The normalized spacial score (nSPS) is 26.6. The summed E-state index contributed by atoms with van der Waals surface area (Å²) < 4.78 is 12.7. The maximum Gasteiger partial charge on any atom is 0.186 e. The summed E-state index contributed by atoms with van der Waals surface area (Å²) in [6.45, 7) is 4.44. The van der Waals surface area contributed by atoms with Crippen LogP contribution in [0.15, 0.2) is 58.6 Å². The van der Waals surface area contributed by atoms with Crippen molar-refractivity contribution in [3.63, 3.8) is 0 Å². The lowest BCUT2D eigenvalue weighted by Gasteiger charge is -2.49. The Morgan fingerprint density at radius 3 is 2.58 bits per heavy atom. The van der Waals surface area contributed by atoms with Crippen LogP contribution in [0.4, 0.5) is 0 Å². The number of guanidine groups is 1. The molecule has 0 aliphatic heterocycles. The van der Waals surface area contributed by atoms with E-state index < -0.39 is 0 Å². The number of carbonyl (C=O) groups is 1. The maximum atomic E-state index is 13.7. The van der Waals surface area contributed by atoms with Gasteiger partial charge in [0.25, 0.3) is 0 Å². The Morgan fingerprint density at radius 1 is 1.11 bits per heavy atom. The molecule has 2 aromatic carbocycles. The highest BCUT2D eigenvalue weighted by molar-refractivity contribution is 5.90. The zero-order chi connectivity index (χ0) is 40.6. The number of aromatic hydroxyl groups is 2. The van der Waals surface area contributed by atoms with Gasteiger partial charge in [-0.3, -0.25) is 4.79 Å². The molecule has 2 saturated carbocycles. The fourth-order valence-corrected chi connectivity index (χ4v) is 10.4. The zero-order valence-corrected chi connectivity index (χ0v) is 34.0. The first-order valence-electron chi connectivity index (χ1n) is 21.1. The Morgan fingerprint density at radius 2 is 1.89 bits per heavy atom. The molecule has 10 nitrogen and oxygen atoms in total. The number of ether oxygens (including phenoxy) is 2. The van der Waals surface area contributed by atoms with E-state index >= 15 is 0 Å². The van der Waals surface area contributed by atoms with Crippen LogP contribution in [0, 0.1) is 41.4 Å². The molecule has 308 valence electrons. The number of aliphatic hydroxyl groups is 2. The van der Waals surface area contributed by atoms with Gasteiger partial charge in [0.2, 0.25) is 0 Å². The van der Waals surface area contributed by atoms with Crippen LogP contribution in [0.3, 0.4) is 0 Å². The quantitative estimate of drug-likeness (QED) is 0.0374. The minimum absolute atomic E-state index is 0.00900. The Hall–Kier alpha value is -4.30. The van der Waals surface area contributed by atoms with Crippen LogP contribution < -0.4 is 16.2 Å². The van der Waals surface area contributed by atoms with Gasteiger partial charge in [-0.2, -0.15) is 0 Å². The molecule has 4 aliphatic rings. The van der Waals surface area contributed by atoms with Gasteiger partial charge in [-0.05, 0) is 135 Å². The van der Waals surface area contributed by atoms with Crippen molar-refractivity contribution in [3.8, 4) is 29.1 Å². The van der Waals surface area contributed by atoms with Gasteiger partial charge in [-0.1, -0.05) is 49.5 Å². The number of rotatable bonds is 15. The van der Waals surface area contributed by atoms with Gasteiger partial charge in [0.1, 0.15) is 5.75 Å². The highest BCUT2D eigenvalue weighted by Crippen LogP contribution is 2.59. The van der Waals surface area contributed by atoms with Crippen LogP contribution in [0.1, 0.15) is 119 Å². The summed E-state index contributed by atoms with van der Waals surface area (Å²) in [5, 5.41) is 43.1. The molecule has 10 heteroatoms. The van der Waals surface area contributed by atoms with Gasteiger partial charge in [-0.15, -0.1) is 0 Å². The fourth-order valence-electron chi connectivity index (χ4n) is 10.4. The van der Waals surface area contributed by atoms with Crippen LogP contribution >= 0.6 is 0 Å². The average molecular weight is 782 g/mol. The Bertz CT molecular complexity index is 1880. The van der Waals surface area contributed by atoms with Gasteiger partial charge >= 0.3 is 0 Å². The summed E-state index contributed by atoms with van der Waals surface area (Å²) in [5.74, 6) is 7.60. The lowest BCUT2D eigenvalue weighted by molar-refractivity contribution is -0.114. The highest BCUT2D eigenvalue weighted by atomic mass is 16.5. The second-order valence-electron chi connectivity index (χ2n) is 16.9. The van der Waals surface area contributed by atoms with Gasteiger partial charge in [-0.25, -0.2) is 4.99 Å². The second-order valence-corrected chi connectivity index (χ2v) is 16.9. The van der Waals surface area contributed by atoms with E-state index in [4.69, 9.17) is 20.9 Å². The lowest BCUT2D eigenvalue weighted by atomic mass is 9.55. The van der Waals surface area contributed by atoms with Gasteiger partial charge in [0, 0.05) is 49.5 Å². The third-order valence-corrected chi connectivity index (χ3v) is 13.0. The van der Waals surface area contributed by atoms with E-state index in [-0.39, 0.29) is 90.5 Å². The van der Waals surface area contributed by atoms with E-state index in [2.05, 4.69) is 35.9 Å². The summed E-state index contributed by atoms with van der Waals surface area (Å²) >= 11 is 0. The molecule has 2 fully saturated rings. The molecule has 8 atom stereocenters. The number of carbonyl (C=O) groups excluding carboxylic acids is 1. The number of phenolic OH excluding ortho intramolecular Hbond substituents is 2. The van der Waals surface area contributed by atoms with Gasteiger partial charge in [0.15, 0.2) is 23.2 Å². The number of methoxy groups -OCH3 is 1. The maximum absolute atomic E-state index is 13.7. The van der Waals surface area contributed by atoms with E-state index in [0.29, 0.717) is 61.5 Å². The largest absolute Gasteiger partial charge is 0.508 e. The van der Waals surface area contributed by atoms with E-state index in [0.717, 1.165) is 55.2 Å². The third kappa shape index (κ3) is 9.88. The van der Waals surface area contributed by atoms with Crippen molar-refractivity contribution in [1.29, 1.82) is 0 Å². The minimum Gasteiger partial charge on any atom is -0.508 e. The van der Waals surface area contributed by atoms with E-state index in [1.165, 1.54) is 5.57 Å². The van der Waals surface area contributed by atoms with E-state index in [9.17, 15) is 25.2 Å². The number of aryl methyl sites for hydroxylation is 1. The summed E-state index contributed by atoms with van der Waals surface area (Å²) in [7, 11) is 1.72. The predicted molar refractivity (Wildman–Crippen MR) is 223 cm³/mol. The molecule has 57 heavy (non-hydrogen) atoms. The first-order chi connectivity index (χ1) is 27.5. The molecular weight excluding hydrogens is 719 g/mol. The summed E-state index contributed by atoms with van der Waals surface area (Å²) in [6.07, 6.45) is 12.5. The molecule has 0 unspecified atom stereocenters. The first-order valence-corrected chi connectivity index (χ1v) is 21.1. The van der Waals surface area contributed by atoms with Crippen molar-refractivity contribution in [2.24, 2.45) is 46.0 Å². The summed E-state index contributed by atoms with van der Waals surface area (Å²) in [5.41, 5.74) is 17.3. The number of aliphatic hydroxyl groups excluding tert-OH is 2. The standard InChI is InChI=1S/C47H63N3O7/c1-4-29(17-18-51)33(26-52)23-36(54)16-15-31-25-43(57-37-12-5-6-13-37)46(55)45-38(31)14-8-10-34(50-47(48)49)21-32-24-40-39(30-9-7-11-35(53)22-30)19-28(2)20-41(40)44(45)42(32)27-56-3/h7,9,11,22-25,28-29,32,34,37,39,41-42,44,51-53,55H,4-6,10,12-13,15-21,26-27H2,1-3H3,(H4,48,49,50)/b33-23+/t28-,29+,32+,34+,39-,41-,42+,44+/m1/s1. The third-order valence-electron chi connectivity index (χ3n) is 13.0. The molecule has 4 aliphatic carbocycles. The number of phenols is 2. The van der Waals surface area contributed by atoms with Crippen LogP contribution in [0.25, 0.3) is 0 Å². The number of hydrogen-bond donors (Lipinski definition) is 6. The molecule has 0 aromatic heterocycles. The number of nitrogens with two attached hydrogens (primary N) is 2. The number of fused-ring (bicyclic) bond motifs is 6. The Kier molecular flexibility index (Phi) is 14.4. The average Bonchev–Trinajstić information content (AvgIpc) is 3.70. The smallest absolute Gasteiger partial charge is 0.186 e. The number of nitrogens with zero attached hydrogens (tertiary/aromatic N) is 1. The van der Waals surface area contributed by atoms with Crippen molar-refractivity contribution in [3.05, 3.63) is 75.9 Å². The van der Waals surface area contributed by atoms with Crippen LogP contribution in [0.5, 0.6) is 17.2 Å². The number of aliphatic imine (C=N–C) groups is 1. The SMILES string of the molecule is CC[C@@H](CCO)/C(=C/C(=O)CCc1cc(OC2CCCC2)c(O)c2c1C#CC[C@H](N=C(N)N)C[C@H]1C=C3[C@@H](C[C@H](C)C[C@@H]3c3cccc(O)c3)[C@H]2[C@H]1COC)CO. The van der Waals surface area contributed by atoms with Gasteiger partial charge < -0.3 is 41.4 Å². The molecule has 0 spiro atoms. The molecule has 0 radical (unpaired) electrons. The lowest BCUT2D eigenvalue weighted by Crippen LogP contribution is -2.41. The van der Waals surface area contributed by atoms with Crippen molar-refractivity contribution in [1.82, 2.24) is 0 Å².